The van der Waals surface area contributed by atoms with Gasteiger partial charge >= 0.3 is 10.1 Å². The first kappa shape index (κ1) is 24.5. The number of nitrogens with one attached hydrogen (secondary N) is 1. The lowest BCUT2D eigenvalue weighted by Gasteiger charge is -2.11. The standard InChI is InChI=1S/C24H19FN4O6S2/c1-12-23(36-24(27-12)28-13(2)30)37(33,34)35-21-16-4-3-9-26-19(16)20(31)18-17(21)11-29(22(18)32)10-14-5-7-15(25)8-6-14/h3-9,11,31-32H,10H2,1-2H3,(H,27,28,30). The third-order valence-electron chi connectivity index (χ3n) is 5.53. The zero-order chi connectivity index (χ0) is 26.5. The highest BCUT2D eigenvalue weighted by Crippen LogP contribution is 2.47. The monoisotopic (exact) mass is 542 g/mol. The molecule has 3 heterocycles. The van der Waals surface area contributed by atoms with Gasteiger partial charge in [0.15, 0.2) is 20.8 Å². The van der Waals surface area contributed by atoms with Gasteiger partial charge in [-0.15, -0.1) is 0 Å². The smallest absolute Gasteiger partial charge is 0.350 e. The summed E-state index contributed by atoms with van der Waals surface area (Å²) in [7, 11) is -4.46. The Kier molecular flexibility index (Phi) is 5.96. The maximum absolute atomic E-state index is 13.4. The highest BCUT2D eigenvalue weighted by molar-refractivity contribution is 7.89. The molecule has 0 unspecified atom stereocenters. The number of rotatable bonds is 6. The lowest BCUT2D eigenvalue weighted by atomic mass is 10.1. The van der Waals surface area contributed by atoms with E-state index in [1.54, 1.807) is 18.2 Å². The number of aromatic hydroxyl groups is 2. The molecule has 0 fully saturated rings. The maximum Gasteiger partial charge on any atom is 0.350 e. The van der Waals surface area contributed by atoms with Crippen LogP contribution in [0, 0.1) is 12.7 Å². The number of aryl methyl sites for hydroxylation is 1. The van der Waals surface area contributed by atoms with Gasteiger partial charge in [-0.05, 0) is 36.8 Å². The minimum absolute atomic E-state index is 0.0231. The van der Waals surface area contributed by atoms with Crippen LogP contribution in [0.4, 0.5) is 9.52 Å². The van der Waals surface area contributed by atoms with Crippen molar-refractivity contribution in [1.29, 1.82) is 0 Å². The Labute approximate surface area is 213 Å². The summed E-state index contributed by atoms with van der Waals surface area (Å²) in [6, 6.07) is 8.72. The molecule has 0 aliphatic heterocycles. The summed E-state index contributed by atoms with van der Waals surface area (Å²) in [6.45, 7) is 2.84. The molecule has 13 heteroatoms. The number of amides is 1. The summed E-state index contributed by atoms with van der Waals surface area (Å²) < 4.78 is 46.8. The van der Waals surface area contributed by atoms with Gasteiger partial charge in [-0.2, -0.15) is 8.42 Å². The molecular weight excluding hydrogens is 523 g/mol. The van der Waals surface area contributed by atoms with E-state index in [0.717, 1.165) is 11.3 Å². The highest BCUT2D eigenvalue weighted by atomic mass is 32.3. The molecule has 0 spiro atoms. The Bertz CT molecular complexity index is 1800. The van der Waals surface area contributed by atoms with E-state index in [1.807, 2.05) is 0 Å². The van der Waals surface area contributed by atoms with Crippen LogP contribution in [-0.2, 0) is 21.5 Å². The predicted molar refractivity (Wildman–Crippen MR) is 135 cm³/mol. The van der Waals surface area contributed by atoms with Gasteiger partial charge in [0.1, 0.15) is 11.3 Å². The number of halogens is 1. The van der Waals surface area contributed by atoms with Gasteiger partial charge in [-0.3, -0.25) is 9.78 Å². The number of nitrogens with zero attached hydrogens (tertiary/aromatic N) is 3. The lowest BCUT2D eigenvalue weighted by Crippen LogP contribution is -2.10. The number of benzene rings is 2. The fourth-order valence-corrected chi connectivity index (χ4v) is 6.33. The van der Waals surface area contributed by atoms with E-state index < -0.39 is 21.8 Å². The molecule has 3 aromatic heterocycles. The molecule has 5 rings (SSSR count). The predicted octanol–water partition coefficient (Wildman–Crippen LogP) is 4.28. The number of aromatic nitrogens is 3. The van der Waals surface area contributed by atoms with Crippen molar-refractivity contribution in [2.75, 3.05) is 5.32 Å². The Morgan fingerprint density at radius 3 is 2.62 bits per heavy atom. The molecule has 0 atom stereocenters. The van der Waals surface area contributed by atoms with Gasteiger partial charge in [-0.25, -0.2) is 9.37 Å². The van der Waals surface area contributed by atoms with Crippen LogP contribution in [0.3, 0.4) is 0 Å². The quantitative estimate of drug-likeness (QED) is 0.270. The van der Waals surface area contributed by atoms with Crippen LogP contribution in [0.2, 0.25) is 0 Å². The van der Waals surface area contributed by atoms with Gasteiger partial charge < -0.3 is 24.3 Å². The molecule has 190 valence electrons. The minimum Gasteiger partial charge on any atom is -0.505 e. The van der Waals surface area contributed by atoms with Crippen LogP contribution in [0.1, 0.15) is 18.2 Å². The topological polar surface area (TPSA) is 144 Å². The highest BCUT2D eigenvalue weighted by Gasteiger charge is 2.29. The SMILES string of the molecule is CC(=O)Nc1nc(C)c(S(=O)(=O)Oc2c3cccnc3c(O)c3c(O)n(Cc4ccc(F)cc4)cc23)s1. The first-order chi connectivity index (χ1) is 17.5. The summed E-state index contributed by atoms with van der Waals surface area (Å²) in [4.78, 5) is 19.6. The summed E-state index contributed by atoms with van der Waals surface area (Å²) >= 11 is 0.733. The van der Waals surface area contributed by atoms with Crippen molar-refractivity contribution in [3.63, 3.8) is 0 Å². The molecule has 2 aromatic carbocycles. The molecular formula is C24H19FN4O6S2. The fraction of sp³-hybridized carbons (Fsp3) is 0.125. The number of fused-ring (bicyclic) bond motifs is 2. The number of carbonyl (C=O) groups excluding carboxylic acids is 1. The van der Waals surface area contributed by atoms with Gasteiger partial charge in [-0.1, -0.05) is 23.5 Å². The summed E-state index contributed by atoms with van der Waals surface area (Å²) in [5, 5.41) is 24.7. The second-order valence-electron chi connectivity index (χ2n) is 8.18. The van der Waals surface area contributed by atoms with E-state index in [9.17, 15) is 27.8 Å². The van der Waals surface area contributed by atoms with E-state index in [2.05, 4.69) is 15.3 Å². The molecule has 10 nitrogen and oxygen atoms in total. The van der Waals surface area contributed by atoms with Crippen LogP contribution in [0.25, 0.3) is 21.7 Å². The Morgan fingerprint density at radius 2 is 1.92 bits per heavy atom. The number of anilines is 1. The second-order valence-corrected chi connectivity index (χ2v) is 10.9. The lowest BCUT2D eigenvalue weighted by molar-refractivity contribution is -0.114. The number of phenolic OH excluding ortho intramolecular Hbond substituents is 1. The number of hydrogen-bond acceptors (Lipinski definition) is 9. The number of carbonyl (C=O) groups is 1. The zero-order valence-electron chi connectivity index (χ0n) is 19.4. The summed E-state index contributed by atoms with van der Waals surface area (Å²) in [5.41, 5.74) is 0.804. The Balaban J connectivity index is 1.68. The molecule has 3 N–H and O–H groups in total. The fourth-order valence-electron chi connectivity index (χ4n) is 3.95. The third-order valence-corrected chi connectivity index (χ3v) is 8.40. The van der Waals surface area contributed by atoms with Gasteiger partial charge in [0.05, 0.1) is 23.0 Å². The number of pyridine rings is 1. The van der Waals surface area contributed by atoms with Crippen LogP contribution < -0.4 is 9.50 Å². The molecule has 0 aliphatic carbocycles. The Morgan fingerprint density at radius 1 is 1.19 bits per heavy atom. The molecule has 0 saturated carbocycles. The third kappa shape index (κ3) is 4.42. The summed E-state index contributed by atoms with van der Waals surface area (Å²) in [6.07, 6.45) is 2.85. The van der Waals surface area contributed by atoms with Gasteiger partial charge in [0.25, 0.3) is 0 Å². The van der Waals surface area contributed by atoms with Gasteiger partial charge in [0.2, 0.25) is 11.8 Å². The molecule has 37 heavy (non-hydrogen) atoms. The van der Waals surface area contributed by atoms with Crippen LogP contribution in [0.15, 0.2) is 53.0 Å². The van der Waals surface area contributed by atoms with Crippen molar-refractivity contribution in [3.05, 3.63) is 65.9 Å². The molecule has 0 saturated heterocycles. The van der Waals surface area contributed by atoms with Crippen molar-refractivity contribution in [2.24, 2.45) is 0 Å². The second kappa shape index (κ2) is 9.01. The van der Waals surface area contributed by atoms with Crippen LogP contribution in [-0.4, -0.2) is 39.1 Å². The summed E-state index contributed by atoms with van der Waals surface area (Å²) in [5.74, 6) is -1.69. The van der Waals surface area contributed by atoms with E-state index in [-0.39, 0.29) is 60.6 Å². The van der Waals surface area contributed by atoms with Crippen LogP contribution >= 0.6 is 11.3 Å². The molecule has 0 bridgehead atoms. The molecule has 5 aromatic rings. The maximum atomic E-state index is 13.4. The largest absolute Gasteiger partial charge is 0.505 e. The van der Waals surface area contributed by atoms with Crippen molar-refractivity contribution < 1.29 is 32.0 Å². The van der Waals surface area contributed by atoms with E-state index >= 15 is 0 Å². The van der Waals surface area contributed by atoms with E-state index in [0.29, 0.717) is 5.56 Å². The molecule has 0 aliphatic rings. The Hall–Kier alpha value is -4.23. The number of phenols is 1. The zero-order valence-corrected chi connectivity index (χ0v) is 21.0. The number of thiazole rings is 1. The molecule has 0 radical (unpaired) electrons. The van der Waals surface area contributed by atoms with Crippen molar-refractivity contribution >= 4 is 54.2 Å². The van der Waals surface area contributed by atoms with E-state index in [4.69, 9.17) is 4.18 Å². The van der Waals surface area contributed by atoms with E-state index in [1.165, 1.54) is 49.0 Å². The number of hydrogen-bond donors (Lipinski definition) is 3. The van der Waals surface area contributed by atoms with Crippen molar-refractivity contribution in [3.8, 4) is 17.4 Å². The van der Waals surface area contributed by atoms with Gasteiger partial charge in [0, 0.05) is 24.7 Å². The van der Waals surface area contributed by atoms with Crippen molar-refractivity contribution in [1.82, 2.24) is 14.5 Å². The first-order valence-corrected chi connectivity index (χ1v) is 13.0. The average Bonchev–Trinajstić information content (AvgIpc) is 3.37. The van der Waals surface area contributed by atoms with Crippen molar-refractivity contribution in [2.45, 2.75) is 24.6 Å². The molecule has 1 amide bonds. The first-order valence-electron chi connectivity index (χ1n) is 10.8. The average molecular weight is 543 g/mol. The normalized spacial score (nSPS) is 11.8. The van der Waals surface area contributed by atoms with Crippen LogP contribution in [0.5, 0.6) is 17.4 Å². The minimum atomic E-state index is -4.46.